The van der Waals surface area contributed by atoms with Gasteiger partial charge in [-0.1, -0.05) is 19.1 Å². The lowest BCUT2D eigenvalue weighted by Crippen LogP contribution is -2.00. The van der Waals surface area contributed by atoms with E-state index in [2.05, 4.69) is 6.92 Å². The number of methoxy groups -OCH3 is 4. The Morgan fingerprint density at radius 3 is 1.58 bits per heavy atom. The quantitative estimate of drug-likeness (QED) is 0.773. The molecule has 2 aromatic rings. The van der Waals surface area contributed by atoms with Crippen molar-refractivity contribution in [2.45, 2.75) is 26.2 Å². The van der Waals surface area contributed by atoms with Crippen LogP contribution in [0.2, 0.25) is 0 Å². The Morgan fingerprint density at radius 1 is 0.692 bits per heavy atom. The first-order chi connectivity index (χ1) is 12.6. The molecule has 0 aliphatic carbocycles. The van der Waals surface area contributed by atoms with Crippen LogP contribution in [0.3, 0.4) is 0 Å². The van der Waals surface area contributed by atoms with E-state index in [1.807, 2.05) is 36.4 Å². The Hall–Kier alpha value is -2.40. The zero-order valence-electron chi connectivity index (χ0n) is 16.5. The summed E-state index contributed by atoms with van der Waals surface area (Å²) in [5.41, 5.74) is 7.93. The van der Waals surface area contributed by atoms with E-state index in [1.165, 1.54) is 11.1 Å². The zero-order valence-corrected chi connectivity index (χ0v) is 16.5. The van der Waals surface area contributed by atoms with Gasteiger partial charge in [-0.25, -0.2) is 0 Å². The van der Waals surface area contributed by atoms with Crippen molar-refractivity contribution in [3.05, 3.63) is 47.5 Å². The molecule has 0 aromatic heterocycles. The first-order valence-electron chi connectivity index (χ1n) is 8.75. The molecule has 26 heavy (non-hydrogen) atoms. The van der Waals surface area contributed by atoms with Crippen molar-refractivity contribution >= 4 is 0 Å². The average Bonchev–Trinajstić information content (AvgIpc) is 2.71. The summed E-state index contributed by atoms with van der Waals surface area (Å²) >= 11 is 0. The molecule has 0 unspecified atom stereocenters. The summed E-state index contributed by atoms with van der Waals surface area (Å²) in [5, 5.41) is 0. The monoisotopic (exact) mass is 361 g/mol. The van der Waals surface area contributed by atoms with Crippen molar-refractivity contribution in [1.82, 2.24) is 0 Å². The maximum Gasteiger partial charge on any atom is 0.160 e. The highest BCUT2D eigenvalue weighted by Crippen LogP contribution is 2.28. The molecular formula is C21H31NO4. The van der Waals surface area contributed by atoms with E-state index in [1.54, 1.807) is 28.4 Å². The van der Waals surface area contributed by atoms with Crippen LogP contribution in [-0.2, 0) is 12.8 Å². The maximum absolute atomic E-state index is 5.45. The number of benzene rings is 2. The number of aryl methyl sites for hydroxylation is 2. The van der Waals surface area contributed by atoms with Crippen LogP contribution in [-0.4, -0.2) is 35.0 Å². The largest absolute Gasteiger partial charge is 0.493 e. The Balaban J connectivity index is 0.000000263. The Labute approximate surface area is 157 Å². The molecule has 5 nitrogen and oxygen atoms in total. The second kappa shape index (κ2) is 12.0. The fourth-order valence-electron chi connectivity index (χ4n) is 2.44. The molecule has 0 bridgehead atoms. The number of rotatable bonds is 8. The van der Waals surface area contributed by atoms with Gasteiger partial charge in [-0.05, 0) is 61.2 Å². The molecule has 0 fully saturated rings. The molecule has 0 radical (unpaired) electrons. The fraction of sp³-hybridized carbons (Fsp3) is 0.429. The minimum absolute atomic E-state index is 0.717. The fourth-order valence-corrected chi connectivity index (χ4v) is 2.44. The normalized spacial score (nSPS) is 9.77. The van der Waals surface area contributed by atoms with Gasteiger partial charge in [0, 0.05) is 0 Å². The van der Waals surface area contributed by atoms with E-state index in [0.717, 1.165) is 42.3 Å². The molecule has 0 saturated heterocycles. The van der Waals surface area contributed by atoms with Gasteiger partial charge in [-0.3, -0.25) is 0 Å². The van der Waals surface area contributed by atoms with Gasteiger partial charge in [-0.15, -0.1) is 0 Å². The van der Waals surface area contributed by atoms with E-state index in [9.17, 15) is 0 Å². The molecule has 0 heterocycles. The Morgan fingerprint density at radius 2 is 1.15 bits per heavy atom. The third-order valence-corrected chi connectivity index (χ3v) is 3.97. The molecule has 5 heteroatoms. The zero-order chi connectivity index (χ0) is 19.4. The van der Waals surface area contributed by atoms with Crippen LogP contribution in [0.1, 0.15) is 24.5 Å². The molecule has 0 atom stereocenters. The van der Waals surface area contributed by atoms with Gasteiger partial charge in [0.25, 0.3) is 0 Å². The van der Waals surface area contributed by atoms with Gasteiger partial charge in [0.15, 0.2) is 23.0 Å². The molecule has 144 valence electrons. The minimum atomic E-state index is 0.717. The van der Waals surface area contributed by atoms with Crippen molar-refractivity contribution in [2.75, 3.05) is 35.0 Å². The van der Waals surface area contributed by atoms with Gasteiger partial charge in [0.1, 0.15) is 0 Å². The molecule has 0 amide bonds. The molecule has 0 spiro atoms. The summed E-state index contributed by atoms with van der Waals surface area (Å²) in [6.45, 7) is 2.83. The third-order valence-electron chi connectivity index (χ3n) is 3.97. The summed E-state index contributed by atoms with van der Waals surface area (Å²) < 4.78 is 20.6. The smallest absolute Gasteiger partial charge is 0.160 e. The molecule has 2 aromatic carbocycles. The first-order valence-corrected chi connectivity index (χ1v) is 8.75. The lowest BCUT2D eigenvalue weighted by molar-refractivity contribution is 0.354. The Bertz CT molecular complexity index is 658. The SMILES string of the molecule is CCc1ccc(OC)c(OC)c1.COc1ccc(CCCN)cc1OC. The molecule has 0 saturated carbocycles. The first kappa shape index (κ1) is 21.6. The van der Waals surface area contributed by atoms with Crippen LogP contribution >= 0.6 is 0 Å². The molecular weight excluding hydrogens is 330 g/mol. The summed E-state index contributed by atoms with van der Waals surface area (Å²) in [4.78, 5) is 0. The summed E-state index contributed by atoms with van der Waals surface area (Å²) in [6, 6.07) is 11.9. The molecule has 2 rings (SSSR count). The lowest BCUT2D eigenvalue weighted by atomic mass is 10.1. The van der Waals surface area contributed by atoms with Crippen molar-refractivity contribution < 1.29 is 18.9 Å². The predicted molar refractivity (Wildman–Crippen MR) is 106 cm³/mol. The van der Waals surface area contributed by atoms with E-state index in [0.29, 0.717) is 6.54 Å². The second-order valence-corrected chi connectivity index (χ2v) is 5.62. The predicted octanol–water partition coefficient (Wildman–Crippen LogP) is 3.86. The van der Waals surface area contributed by atoms with Crippen molar-refractivity contribution in [3.8, 4) is 23.0 Å². The van der Waals surface area contributed by atoms with Crippen LogP contribution in [0.15, 0.2) is 36.4 Å². The molecule has 0 aliphatic rings. The van der Waals surface area contributed by atoms with E-state index in [-0.39, 0.29) is 0 Å². The van der Waals surface area contributed by atoms with Crippen molar-refractivity contribution in [2.24, 2.45) is 5.73 Å². The Kier molecular flexibility index (Phi) is 10.0. The van der Waals surface area contributed by atoms with Crippen LogP contribution in [0.4, 0.5) is 0 Å². The van der Waals surface area contributed by atoms with Crippen molar-refractivity contribution in [1.29, 1.82) is 0 Å². The molecule has 2 N–H and O–H groups in total. The minimum Gasteiger partial charge on any atom is -0.493 e. The maximum atomic E-state index is 5.45. The highest BCUT2D eigenvalue weighted by Gasteiger charge is 2.04. The average molecular weight is 361 g/mol. The summed E-state index contributed by atoms with van der Waals surface area (Å²) in [6.07, 6.45) is 2.99. The summed E-state index contributed by atoms with van der Waals surface area (Å²) in [5.74, 6) is 3.14. The van der Waals surface area contributed by atoms with Gasteiger partial charge in [-0.2, -0.15) is 0 Å². The lowest BCUT2D eigenvalue weighted by Gasteiger charge is -2.09. The van der Waals surface area contributed by atoms with Crippen LogP contribution in [0.5, 0.6) is 23.0 Å². The van der Waals surface area contributed by atoms with Gasteiger partial charge >= 0.3 is 0 Å². The number of hydrogen-bond acceptors (Lipinski definition) is 5. The van der Waals surface area contributed by atoms with Gasteiger partial charge in [0.05, 0.1) is 28.4 Å². The second-order valence-electron chi connectivity index (χ2n) is 5.62. The van der Waals surface area contributed by atoms with E-state index in [4.69, 9.17) is 24.7 Å². The number of hydrogen-bond donors (Lipinski definition) is 1. The van der Waals surface area contributed by atoms with Gasteiger partial charge in [0.2, 0.25) is 0 Å². The standard InChI is InChI=1S/C11H17NO2.C10H14O2/c1-13-10-6-5-9(4-3-7-12)8-11(10)14-2;1-4-8-5-6-9(11-2)10(7-8)12-3/h5-6,8H,3-4,7,12H2,1-2H3;5-7H,4H2,1-3H3. The number of ether oxygens (including phenoxy) is 4. The highest BCUT2D eigenvalue weighted by molar-refractivity contribution is 5.43. The van der Waals surface area contributed by atoms with E-state index < -0.39 is 0 Å². The summed E-state index contributed by atoms with van der Waals surface area (Å²) in [7, 11) is 6.57. The van der Waals surface area contributed by atoms with E-state index >= 15 is 0 Å². The highest BCUT2D eigenvalue weighted by atomic mass is 16.5. The molecule has 0 aliphatic heterocycles. The van der Waals surface area contributed by atoms with Crippen LogP contribution in [0, 0.1) is 0 Å². The topological polar surface area (TPSA) is 62.9 Å². The number of nitrogens with two attached hydrogens (primary N) is 1. The van der Waals surface area contributed by atoms with Crippen LogP contribution < -0.4 is 24.7 Å². The third kappa shape index (κ3) is 6.48. The van der Waals surface area contributed by atoms with Crippen molar-refractivity contribution in [3.63, 3.8) is 0 Å². The van der Waals surface area contributed by atoms with Gasteiger partial charge < -0.3 is 24.7 Å². The van der Waals surface area contributed by atoms with Crippen LogP contribution in [0.25, 0.3) is 0 Å².